The van der Waals surface area contributed by atoms with E-state index in [4.69, 9.17) is 0 Å². The first kappa shape index (κ1) is 14.1. The lowest BCUT2D eigenvalue weighted by Crippen LogP contribution is -2.24. The molecule has 0 aliphatic heterocycles. The predicted molar refractivity (Wildman–Crippen MR) is 77.9 cm³/mol. The number of aryl methyl sites for hydroxylation is 3. The molecule has 0 saturated heterocycles. The van der Waals surface area contributed by atoms with Crippen LogP contribution in [0, 0.1) is 27.7 Å². The van der Waals surface area contributed by atoms with Gasteiger partial charge in [0.25, 0.3) is 5.56 Å². The Bertz CT molecular complexity index is 757. The first-order valence-corrected chi connectivity index (χ1v) is 6.37. The number of rotatable bonds is 2. The summed E-state index contributed by atoms with van der Waals surface area (Å²) in [7, 11) is 0. The van der Waals surface area contributed by atoms with Crippen LogP contribution >= 0.6 is 0 Å². The molecule has 0 aliphatic rings. The number of pyridine rings is 1. The summed E-state index contributed by atoms with van der Waals surface area (Å²) < 4.78 is 1.47. The molecule has 0 spiro atoms. The number of hydrogen-bond acceptors (Lipinski definition) is 2. The number of hydrogen-bond donors (Lipinski definition) is 1. The zero-order valence-electron chi connectivity index (χ0n) is 12.0. The van der Waals surface area contributed by atoms with Crippen molar-refractivity contribution in [2.75, 3.05) is 0 Å². The molecule has 0 aliphatic carbocycles. The minimum Gasteiger partial charge on any atom is -0.478 e. The number of nitrogens with zero attached hydrogens (tertiary/aromatic N) is 1. The van der Waals surface area contributed by atoms with Crippen molar-refractivity contribution < 1.29 is 9.90 Å². The molecule has 104 valence electrons. The molecule has 0 bridgehead atoms. The first-order valence-electron chi connectivity index (χ1n) is 6.37. The maximum absolute atomic E-state index is 12.3. The first-order chi connectivity index (χ1) is 9.32. The van der Waals surface area contributed by atoms with Crippen LogP contribution in [-0.4, -0.2) is 15.6 Å². The molecule has 1 heterocycles. The molecule has 0 saturated carbocycles. The van der Waals surface area contributed by atoms with Gasteiger partial charge in [0.2, 0.25) is 0 Å². The fourth-order valence-corrected chi connectivity index (χ4v) is 2.47. The number of aromatic nitrogens is 1. The highest BCUT2D eigenvalue weighted by Crippen LogP contribution is 2.19. The van der Waals surface area contributed by atoms with Gasteiger partial charge in [-0.05, 0) is 50.5 Å². The van der Waals surface area contributed by atoms with Gasteiger partial charge in [-0.2, -0.15) is 0 Å². The third-order valence-corrected chi connectivity index (χ3v) is 3.47. The van der Waals surface area contributed by atoms with Crippen LogP contribution in [0.2, 0.25) is 0 Å². The monoisotopic (exact) mass is 271 g/mol. The van der Waals surface area contributed by atoms with Crippen molar-refractivity contribution in [1.29, 1.82) is 0 Å². The van der Waals surface area contributed by atoms with Gasteiger partial charge in [0.15, 0.2) is 0 Å². The van der Waals surface area contributed by atoms with Crippen molar-refractivity contribution in [2.45, 2.75) is 27.7 Å². The molecule has 20 heavy (non-hydrogen) atoms. The molecule has 0 unspecified atom stereocenters. The van der Waals surface area contributed by atoms with Crippen molar-refractivity contribution in [2.24, 2.45) is 0 Å². The lowest BCUT2D eigenvalue weighted by Gasteiger charge is -2.16. The van der Waals surface area contributed by atoms with Gasteiger partial charge in [-0.25, -0.2) is 4.79 Å². The van der Waals surface area contributed by atoms with Crippen molar-refractivity contribution >= 4 is 5.97 Å². The highest BCUT2D eigenvalue weighted by molar-refractivity contribution is 5.90. The number of carbonyl (C=O) groups is 1. The van der Waals surface area contributed by atoms with Gasteiger partial charge in [0, 0.05) is 11.8 Å². The molecule has 1 aromatic carbocycles. The van der Waals surface area contributed by atoms with Crippen LogP contribution in [0.5, 0.6) is 0 Å². The van der Waals surface area contributed by atoms with Crippen molar-refractivity contribution in [3.05, 3.63) is 62.6 Å². The Morgan fingerprint density at radius 3 is 2.30 bits per heavy atom. The van der Waals surface area contributed by atoms with Crippen molar-refractivity contribution in [3.8, 4) is 5.69 Å². The maximum Gasteiger partial charge on any atom is 0.337 e. The summed E-state index contributed by atoms with van der Waals surface area (Å²) in [6, 6.07) is 7.16. The van der Waals surface area contributed by atoms with Crippen LogP contribution in [-0.2, 0) is 0 Å². The van der Waals surface area contributed by atoms with Crippen molar-refractivity contribution in [1.82, 2.24) is 4.57 Å². The minimum atomic E-state index is -1.01. The van der Waals surface area contributed by atoms with Crippen LogP contribution in [0.3, 0.4) is 0 Å². The minimum absolute atomic E-state index is 0.186. The zero-order chi connectivity index (χ0) is 15.0. The molecule has 1 aromatic heterocycles. The van der Waals surface area contributed by atoms with Crippen LogP contribution < -0.4 is 5.56 Å². The van der Waals surface area contributed by atoms with Gasteiger partial charge < -0.3 is 5.11 Å². The highest BCUT2D eigenvalue weighted by atomic mass is 16.4. The molecule has 4 heteroatoms. The Kier molecular flexibility index (Phi) is 3.49. The molecule has 0 amide bonds. The Morgan fingerprint density at radius 1 is 1.05 bits per heavy atom. The number of benzene rings is 1. The standard InChI is InChI=1S/C16H17NO3/c1-9-5-6-10(2)13(7-9)17-12(4)15(16(19)20)11(3)8-14(17)18/h5-8H,1-4H3,(H,19,20). The molecule has 0 radical (unpaired) electrons. The average molecular weight is 271 g/mol. The zero-order valence-corrected chi connectivity index (χ0v) is 12.0. The van der Waals surface area contributed by atoms with Crippen LogP contribution in [0.1, 0.15) is 32.7 Å². The van der Waals surface area contributed by atoms with E-state index in [-0.39, 0.29) is 11.1 Å². The van der Waals surface area contributed by atoms with Gasteiger partial charge in [-0.1, -0.05) is 12.1 Å². The summed E-state index contributed by atoms with van der Waals surface area (Å²) in [4.78, 5) is 23.6. The summed E-state index contributed by atoms with van der Waals surface area (Å²) >= 11 is 0. The van der Waals surface area contributed by atoms with Gasteiger partial charge in [0.05, 0.1) is 11.3 Å². The Morgan fingerprint density at radius 2 is 1.70 bits per heavy atom. The molecule has 0 fully saturated rings. The molecular weight excluding hydrogens is 254 g/mol. The van der Waals surface area contributed by atoms with E-state index in [1.54, 1.807) is 13.8 Å². The summed E-state index contributed by atoms with van der Waals surface area (Å²) in [5.41, 5.74) is 3.60. The van der Waals surface area contributed by atoms with Gasteiger partial charge in [-0.3, -0.25) is 9.36 Å². The van der Waals surface area contributed by atoms with Gasteiger partial charge in [0.1, 0.15) is 0 Å². The van der Waals surface area contributed by atoms with Crippen molar-refractivity contribution in [3.63, 3.8) is 0 Å². The Labute approximate surface area is 117 Å². The van der Waals surface area contributed by atoms with E-state index in [9.17, 15) is 14.7 Å². The number of carboxylic acid groups (broad SMARTS) is 1. The average Bonchev–Trinajstić information content (AvgIpc) is 2.32. The van der Waals surface area contributed by atoms with E-state index >= 15 is 0 Å². The van der Waals surface area contributed by atoms with E-state index in [1.165, 1.54) is 10.6 Å². The normalized spacial score (nSPS) is 10.6. The van der Waals surface area contributed by atoms with Gasteiger partial charge in [-0.15, -0.1) is 0 Å². The molecule has 2 rings (SSSR count). The second-order valence-electron chi connectivity index (χ2n) is 5.06. The lowest BCUT2D eigenvalue weighted by molar-refractivity contribution is 0.0694. The number of carboxylic acids is 1. The number of aromatic carboxylic acids is 1. The van der Waals surface area contributed by atoms with Gasteiger partial charge >= 0.3 is 5.97 Å². The summed E-state index contributed by atoms with van der Waals surface area (Å²) in [5.74, 6) is -1.01. The molecular formula is C16H17NO3. The van der Waals surface area contributed by atoms with E-state index in [0.29, 0.717) is 11.3 Å². The smallest absolute Gasteiger partial charge is 0.337 e. The second kappa shape index (κ2) is 4.96. The third kappa shape index (κ3) is 2.25. The maximum atomic E-state index is 12.3. The predicted octanol–water partition coefficient (Wildman–Crippen LogP) is 2.77. The third-order valence-electron chi connectivity index (χ3n) is 3.47. The summed E-state index contributed by atoms with van der Waals surface area (Å²) in [6.45, 7) is 7.15. The largest absolute Gasteiger partial charge is 0.478 e. The Balaban J connectivity index is 2.88. The molecule has 4 nitrogen and oxygen atoms in total. The van der Waals surface area contributed by atoms with E-state index in [2.05, 4.69) is 0 Å². The van der Waals surface area contributed by atoms with E-state index in [0.717, 1.165) is 16.8 Å². The summed E-state index contributed by atoms with van der Waals surface area (Å²) in [6.07, 6.45) is 0. The summed E-state index contributed by atoms with van der Waals surface area (Å²) in [5, 5.41) is 9.32. The fraction of sp³-hybridized carbons (Fsp3) is 0.250. The Hall–Kier alpha value is -2.36. The highest BCUT2D eigenvalue weighted by Gasteiger charge is 2.17. The van der Waals surface area contributed by atoms with Crippen LogP contribution in [0.15, 0.2) is 29.1 Å². The fourth-order valence-electron chi connectivity index (χ4n) is 2.47. The van der Waals surface area contributed by atoms with E-state index in [1.807, 2.05) is 32.0 Å². The molecule has 0 atom stereocenters. The van der Waals surface area contributed by atoms with Crippen LogP contribution in [0.25, 0.3) is 5.69 Å². The quantitative estimate of drug-likeness (QED) is 0.913. The molecule has 2 aromatic rings. The topological polar surface area (TPSA) is 59.3 Å². The molecule has 1 N–H and O–H groups in total. The second-order valence-corrected chi connectivity index (χ2v) is 5.06. The SMILES string of the molecule is Cc1ccc(C)c(-n2c(C)c(C(=O)O)c(C)cc2=O)c1. The van der Waals surface area contributed by atoms with E-state index < -0.39 is 5.97 Å². The van der Waals surface area contributed by atoms with Crippen LogP contribution in [0.4, 0.5) is 0 Å². The lowest BCUT2D eigenvalue weighted by atomic mass is 10.1.